The summed E-state index contributed by atoms with van der Waals surface area (Å²) in [5, 5.41) is 9.86. The molecule has 2 aromatic carbocycles. The number of carbonyl (C=O) groups excluding carboxylic acids is 1. The van der Waals surface area contributed by atoms with Crippen LogP contribution in [0, 0.1) is 17.1 Å². The van der Waals surface area contributed by atoms with Crippen molar-refractivity contribution in [3.63, 3.8) is 0 Å². The number of methoxy groups -OCH3 is 1. The Morgan fingerprint density at radius 3 is 2.41 bits per heavy atom. The molecule has 0 radical (unpaired) electrons. The first-order chi connectivity index (χ1) is 13.0. The lowest BCUT2D eigenvalue weighted by Gasteiger charge is -2.37. The van der Waals surface area contributed by atoms with Gasteiger partial charge < -0.3 is 9.64 Å². The minimum atomic E-state index is -0.622. The topological polar surface area (TPSA) is 56.6 Å². The van der Waals surface area contributed by atoms with Crippen LogP contribution in [0.2, 0.25) is 5.02 Å². The Hall–Kier alpha value is -2.62. The maximum Gasteiger partial charge on any atom is 0.256 e. The van der Waals surface area contributed by atoms with E-state index in [0.29, 0.717) is 26.2 Å². The van der Waals surface area contributed by atoms with E-state index in [-0.39, 0.29) is 16.5 Å². The smallest absolute Gasteiger partial charge is 0.256 e. The Kier molecular flexibility index (Phi) is 5.94. The fourth-order valence-corrected chi connectivity index (χ4v) is 3.33. The predicted molar refractivity (Wildman–Crippen MR) is 100 cm³/mol. The van der Waals surface area contributed by atoms with Crippen molar-refractivity contribution in [1.29, 1.82) is 5.26 Å². The molecule has 5 nitrogen and oxygen atoms in total. The molecule has 1 aliphatic heterocycles. The van der Waals surface area contributed by atoms with Crippen molar-refractivity contribution in [3.05, 3.63) is 64.4 Å². The van der Waals surface area contributed by atoms with E-state index in [0.717, 1.165) is 17.4 Å². The van der Waals surface area contributed by atoms with Crippen LogP contribution < -0.4 is 4.74 Å². The van der Waals surface area contributed by atoms with Crippen molar-refractivity contribution < 1.29 is 13.9 Å². The lowest BCUT2D eigenvalue weighted by atomic mass is 10.1. The Morgan fingerprint density at radius 2 is 1.85 bits per heavy atom. The van der Waals surface area contributed by atoms with Gasteiger partial charge in [0, 0.05) is 31.2 Å². The zero-order valence-corrected chi connectivity index (χ0v) is 15.6. The highest BCUT2D eigenvalue weighted by Crippen LogP contribution is 2.24. The third-order valence-corrected chi connectivity index (χ3v) is 4.92. The van der Waals surface area contributed by atoms with Gasteiger partial charge in [0.1, 0.15) is 17.6 Å². The number of amides is 1. The summed E-state index contributed by atoms with van der Waals surface area (Å²) in [5.41, 5.74) is 0.890. The number of rotatable bonds is 4. The van der Waals surface area contributed by atoms with Crippen LogP contribution in [0.4, 0.5) is 4.39 Å². The van der Waals surface area contributed by atoms with E-state index in [1.54, 1.807) is 12.0 Å². The molecule has 1 aliphatic rings. The van der Waals surface area contributed by atoms with Crippen LogP contribution >= 0.6 is 11.6 Å². The summed E-state index contributed by atoms with van der Waals surface area (Å²) in [6, 6.07) is 13.3. The van der Waals surface area contributed by atoms with E-state index in [1.807, 2.05) is 29.2 Å². The lowest BCUT2D eigenvalue weighted by Crippen LogP contribution is -2.49. The third-order valence-electron chi connectivity index (χ3n) is 4.68. The summed E-state index contributed by atoms with van der Waals surface area (Å²) in [5.74, 6) is -0.249. The van der Waals surface area contributed by atoms with Gasteiger partial charge in [0.15, 0.2) is 0 Å². The maximum atomic E-state index is 14.0. The molecule has 1 amide bonds. The van der Waals surface area contributed by atoms with Gasteiger partial charge in [-0.15, -0.1) is 0 Å². The molecule has 1 saturated heterocycles. The molecule has 0 saturated carbocycles. The fraction of sp³-hybridized carbons (Fsp3) is 0.300. The van der Waals surface area contributed by atoms with Crippen molar-refractivity contribution in [3.8, 4) is 11.8 Å². The van der Waals surface area contributed by atoms with E-state index in [4.69, 9.17) is 16.3 Å². The summed E-state index contributed by atoms with van der Waals surface area (Å²) in [7, 11) is 1.59. The van der Waals surface area contributed by atoms with Gasteiger partial charge in [-0.05, 0) is 35.9 Å². The molecule has 1 fully saturated rings. The SMILES string of the molecule is COc1ccc(C(C#N)N2CCN(C(=O)c3ccc(Cl)cc3F)CC2)cc1. The number of piperazine rings is 1. The largest absolute Gasteiger partial charge is 0.497 e. The molecule has 0 spiro atoms. The zero-order valence-electron chi connectivity index (χ0n) is 14.9. The number of benzene rings is 2. The highest BCUT2D eigenvalue weighted by Gasteiger charge is 2.28. The Bertz CT molecular complexity index is 859. The minimum Gasteiger partial charge on any atom is -0.497 e. The average Bonchev–Trinajstić information content (AvgIpc) is 2.69. The number of nitriles is 1. The van der Waals surface area contributed by atoms with Crippen LogP contribution in [-0.4, -0.2) is 49.0 Å². The van der Waals surface area contributed by atoms with Gasteiger partial charge >= 0.3 is 0 Å². The van der Waals surface area contributed by atoms with Crippen molar-refractivity contribution in [1.82, 2.24) is 9.80 Å². The van der Waals surface area contributed by atoms with Gasteiger partial charge in [0.25, 0.3) is 5.91 Å². The molecule has 1 unspecified atom stereocenters. The quantitative estimate of drug-likeness (QED) is 0.805. The standard InChI is InChI=1S/C20H19ClFN3O2/c1-27-16-5-2-14(3-6-16)19(13-23)24-8-10-25(11-9-24)20(26)17-7-4-15(21)12-18(17)22/h2-7,12,19H,8-11H2,1H3. The highest BCUT2D eigenvalue weighted by molar-refractivity contribution is 6.30. The summed E-state index contributed by atoms with van der Waals surface area (Å²) < 4.78 is 19.2. The van der Waals surface area contributed by atoms with E-state index in [2.05, 4.69) is 6.07 Å². The Balaban J connectivity index is 1.66. The summed E-state index contributed by atoms with van der Waals surface area (Å²) >= 11 is 5.74. The monoisotopic (exact) mass is 387 g/mol. The van der Waals surface area contributed by atoms with Gasteiger partial charge in [-0.2, -0.15) is 5.26 Å². The van der Waals surface area contributed by atoms with Crippen LogP contribution in [0.3, 0.4) is 0 Å². The van der Waals surface area contributed by atoms with Crippen LogP contribution in [0.5, 0.6) is 5.75 Å². The summed E-state index contributed by atoms with van der Waals surface area (Å²) in [6.07, 6.45) is 0. The van der Waals surface area contributed by atoms with Gasteiger partial charge in [0.2, 0.25) is 0 Å². The van der Waals surface area contributed by atoms with E-state index >= 15 is 0 Å². The molecule has 1 heterocycles. The first kappa shape index (κ1) is 19.2. The van der Waals surface area contributed by atoms with Crippen molar-refractivity contribution in [2.24, 2.45) is 0 Å². The Morgan fingerprint density at radius 1 is 1.19 bits per heavy atom. The van der Waals surface area contributed by atoms with Crippen molar-refractivity contribution >= 4 is 17.5 Å². The molecule has 3 rings (SSSR count). The number of ether oxygens (including phenoxy) is 1. The van der Waals surface area contributed by atoms with Crippen LogP contribution in [0.15, 0.2) is 42.5 Å². The number of carbonyl (C=O) groups is 1. The second-order valence-electron chi connectivity index (χ2n) is 6.26. The molecular formula is C20H19ClFN3O2. The van der Waals surface area contributed by atoms with Crippen LogP contribution in [-0.2, 0) is 0 Å². The molecular weight excluding hydrogens is 369 g/mol. The number of nitrogens with zero attached hydrogens (tertiary/aromatic N) is 3. The Labute approximate surface area is 162 Å². The van der Waals surface area contributed by atoms with Gasteiger partial charge in [0.05, 0.1) is 18.7 Å². The predicted octanol–water partition coefficient (Wildman–Crippen LogP) is 3.51. The lowest BCUT2D eigenvalue weighted by molar-refractivity contribution is 0.0602. The minimum absolute atomic E-state index is 0.0137. The molecule has 2 aromatic rings. The summed E-state index contributed by atoms with van der Waals surface area (Å²) in [6.45, 7) is 1.92. The number of hydrogen-bond donors (Lipinski definition) is 0. The normalized spacial score (nSPS) is 15.9. The number of hydrogen-bond acceptors (Lipinski definition) is 4. The molecule has 7 heteroatoms. The van der Waals surface area contributed by atoms with E-state index in [9.17, 15) is 14.4 Å². The fourth-order valence-electron chi connectivity index (χ4n) is 3.17. The molecule has 0 aromatic heterocycles. The molecule has 0 bridgehead atoms. The highest BCUT2D eigenvalue weighted by atomic mass is 35.5. The second-order valence-corrected chi connectivity index (χ2v) is 6.69. The van der Waals surface area contributed by atoms with E-state index in [1.165, 1.54) is 12.1 Å². The summed E-state index contributed by atoms with van der Waals surface area (Å²) in [4.78, 5) is 16.2. The first-order valence-electron chi connectivity index (χ1n) is 8.55. The second kappa shape index (κ2) is 8.38. The molecule has 0 N–H and O–H groups in total. The van der Waals surface area contributed by atoms with Gasteiger partial charge in [-0.1, -0.05) is 23.7 Å². The van der Waals surface area contributed by atoms with Crippen LogP contribution in [0.25, 0.3) is 0 Å². The van der Waals surface area contributed by atoms with Crippen LogP contribution in [0.1, 0.15) is 22.0 Å². The average molecular weight is 388 g/mol. The number of halogens is 2. The maximum absolute atomic E-state index is 14.0. The van der Waals surface area contributed by atoms with Gasteiger partial charge in [-0.25, -0.2) is 4.39 Å². The van der Waals surface area contributed by atoms with Crippen molar-refractivity contribution in [2.45, 2.75) is 6.04 Å². The van der Waals surface area contributed by atoms with E-state index < -0.39 is 11.9 Å². The molecule has 140 valence electrons. The molecule has 1 atom stereocenters. The zero-order chi connectivity index (χ0) is 19.4. The van der Waals surface area contributed by atoms with Gasteiger partial charge in [-0.3, -0.25) is 9.69 Å². The van der Waals surface area contributed by atoms with Crippen molar-refractivity contribution in [2.75, 3.05) is 33.3 Å². The first-order valence-corrected chi connectivity index (χ1v) is 8.93. The molecule has 0 aliphatic carbocycles. The molecule has 27 heavy (non-hydrogen) atoms. The third kappa shape index (κ3) is 4.21.